The van der Waals surface area contributed by atoms with Crippen molar-refractivity contribution in [3.63, 3.8) is 0 Å². The van der Waals surface area contributed by atoms with Crippen LogP contribution >= 0.6 is 0 Å². The van der Waals surface area contributed by atoms with Crippen LogP contribution in [0.25, 0.3) is 0 Å². The van der Waals surface area contributed by atoms with Gasteiger partial charge in [0.05, 0.1) is 10.5 Å². The molecule has 0 fully saturated rings. The number of ether oxygens (including phenoxy) is 2. The Morgan fingerprint density at radius 2 is 1.60 bits per heavy atom. The summed E-state index contributed by atoms with van der Waals surface area (Å²) in [6.07, 6.45) is -0.416. The van der Waals surface area contributed by atoms with E-state index >= 15 is 0 Å². The minimum atomic E-state index is -4.27. The lowest BCUT2D eigenvalue weighted by Crippen LogP contribution is -2.44. The normalized spacial score (nSPS) is 13.4. The summed E-state index contributed by atoms with van der Waals surface area (Å²) in [6, 6.07) is 3.34. The van der Waals surface area contributed by atoms with Gasteiger partial charge in [-0.25, -0.2) is 13.2 Å². The van der Waals surface area contributed by atoms with Gasteiger partial charge in [0, 0.05) is 6.42 Å². The van der Waals surface area contributed by atoms with Crippen LogP contribution in [0.1, 0.15) is 64.7 Å². The highest BCUT2D eigenvalue weighted by atomic mass is 32.2. The molecular formula is C20H29NO8S. The number of carboxylic acid groups (broad SMARTS) is 1. The highest BCUT2D eigenvalue weighted by molar-refractivity contribution is 7.89. The molecule has 0 aliphatic heterocycles. The molecule has 9 nitrogen and oxygen atoms in total. The van der Waals surface area contributed by atoms with Crippen molar-refractivity contribution in [1.82, 2.24) is 4.72 Å². The highest BCUT2D eigenvalue weighted by Gasteiger charge is 2.31. The zero-order valence-electron chi connectivity index (χ0n) is 18.0. The molecular weight excluding hydrogens is 414 g/mol. The minimum Gasteiger partial charge on any atom is -0.478 e. The number of hydrogen-bond acceptors (Lipinski definition) is 7. The summed E-state index contributed by atoms with van der Waals surface area (Å²) < 4.78 is 38.1. The number of sulfonamides is 1. The van der Waals surface area contributed by atoms with Gasteiger partial charge in [-0.15, -0.1) is 0 Å². The third-order valence-electron chi connectivity index (χ3n) is 3.44. The molecule has 1 aromatic carbocycles. The quantitative estimate of drug-likeness (QED) is 0.585. The maximum absolute atomic E-state index is 12.7. The number of benzene rings is 1. The SMILES string of the molecule is CC(C)(C)OC(=O)CC[C@H](NS(=O)(=O)c1cccc(C(=O)O)c1)C(=O)OC(C)(C)C. The lowest BCUT2D eigenvalue weighted by molar-refractivity contribution is -0.158. The van der Waals surface area contributed by atoms with Crippen LogP contribution in [0.2, 0.25) is 0 Å². The molecule has 2 N–H and O–H groups in total. The molecule has 1 rings (SSSR count). The fraction of sp³-hybridized carbons (Fsp3) is 0.550. The van der Waals surface area contributed by atoms with Crippen LogP contribution in [0.4, 0.5) is 0 Å². The first-order valence-corrected chi connectivity index (χ1v) is 10.8. The summed E-state index contributed by atoms with van der Waals surface area (Å²) >= 11 is 0. The van der Waals surface area contributed by atoms with Crippen LogP contribution in [0.5, 0.6) is 0 Å². The first-order valence-electron chi connectivity index (χ1n) is 9.30. The standard InChI is InChI=1S/C20H29NO8S/c1-19(2,3)28-16(22)11-10-15(18(25)29-20(4,5)6)21-30(26,27)14-9-7-8-13(12-14)17(23)24/h7-9,12,15,21H,10-11H2,1-6H3,(H,23,24)/t15-/m0/s1. The van der Waals surface area contributed by atoms with E-state index in [9.17, 15) is 22.8 Å². The number of carbonyl (C=O) groups excluding carboxylic acids is 2. The van der Waals surface area contributed by atoms with Gasteiger partial charge in [0.25, 0.3) is 0 Å². The van der Waals surface area contributed by atoms with Crippen molar-refractivity contribution < 1.29 is 37.4 Å². The van der Waals surface area contributed by atoms with Gasteiger partial charge < -0.3 is 14.6 Å². The number of carboxylic acids is 1. The topological polar surface area (TPSA) is 136 Å². The minimum absolute atomic E-state index is 0.193. The van der Waals surface area contributed by atoms with Gasteiger partial charge in [-0.1, -0.05) is 6.07 Å². The van der Waals surface area contributed by atoms with Crippen LogP contribution in [0.3, 0.4) is 0 Å². The van der Waals surface area contributed by atoms with Crippen LogP contribution in [-0.4, -0.2) is 48.7 Å². The largest absolute Gasteiger partial charge is 0.478 e. The van der Waals surface area contributed by atoms with Crippen molar-refractivity contribution in [2.45, 2.75) is 76.5 Å². The van der Waals surface area contributed by atoms with Gasteiger partial charge in [-0.05, 0) is 66.2 Å². The molecule has 1 atom stereocenters. The fourth-order valence-electron chi connectivity index (χ4n) is 2.30. The van der Waals surface area contributed by atoms with Crippen molar-refractivity contribution in [3.8, 4) is 0 Å². The van der Waals surface area contributed by atoms with E-state index in [2.05, 4.69) is 4.72 Å². The molecule has 0 unspecified atom stereocenters. The molecule has 0 heterocycles. The van der Waals surface area contributed by atoms with Crippen LogP contribution in [-0.2, 0) is 29.1 Å². The lowest BCUT2D eigenvalue weighted by Gasteiger charge is -2.25. The lowest BCUT2D eigenvalue weighted by atomic mass is 10.1. The zero-order chi connectivity index (χ0) is 23.3. The summed E-state index contributed by atoms with van der Waals surface area (Å²) in [6.45, 7) is 9.94. The molecule has 1 aromatic rings. The molecule has 0 bridgehead atoms. The summed E-state index contributed by atoms with van der Waals surface area (Å²) in [5.41, 5.74) is -1.83. The van der Waals surface area contributed by atoms with Crippen molar-refractivity contribution in [2.24, 2.45) is 0 Å². The summed E-state index contributed by atoms with van der Waals surface area (Å²) in [5, 5.41) is 9.07. The first-order chi connectivity index (χ1) is 13.5. The number of hydrogen-bond donors (Lipinski definition) is 2. The number of aromatic carboxylic acids is 1. The summed E-state index contributed by atoms with van der Waals surface area (Å²) in [7, 11) is -4.27. The molecule has 0 amide bonds. The second kappa shape index (κ2) is 9.57. The molecule has 0 radical (unpaired) electrons. The van der Waals surface area contributed by atoms with Gasteiger partial charge >= 0.3 is 17.9 Å². The van der Waals surface area contributed by atoms with Crippen LogP contribution < -0.4 is 4.72 Å². The van der Waals surface area contributed by atoms with Crippen LogP contribution in [0, 0.1) is 0 Å². The fourth-order valence-corrected chi connectivity index (χ4v) is 3.57. The van der Waals surface area contributed by atoms with Crippen molar-refractivity contribution >= 4 is 27.9 Å². The Hall–Kier alpha value is -2.46. The predicted octanol–water partition coefficient (Wildman–Crippen LogP) is 2.50. The van der Waals surface area contributed by atoms with E-state index in [1.807, 2.05) is 0 Å². The smallest absolute Gasteiger partial charge is 0.335 e. The molecule has 0 aliphatic rings. The van der Waals surface area contributed by atoms with E-state index in [1.165, 1.54) is 18.2 Å². The molecule has 0 aromatic heterocycles. The zero-order valence-corrected chi connectivity index (χ0v) is 18.8. The van der Waals surface area contributed by atoms with Gasteiger partial charge in [0.2, 0.25) is 10.0 Å². The van der Waals surface area contributed by atoms with Gasteiger partial charge in [-0.3, -0.25) is 9.59 Å². The number of carbonyl (C=O) groups is 3. The van der Waals surface area contributed by atoms with E-state index in [4.69, 9.17) is 14.6 Å². The third-order valence-corrected chi connectivity index (χ3v) is 4.91. The Kier molecular flexibility index (Phi) is 8.16. The third kappa shape index (κ3) is 8.91. The maximum Gasteiger partial charge on any atom is 0.335 e. The average Bonchev–Trinajstić information content (AvgIpc) is 2.55. The monoisotopic (exact) mass is 443 g/mol. The second-order valence-corrected chi connectivity index (χ2v) is 10.4. The van der Waals surface area contributed by atoms with E-state index in [0.29, 0.717) is 0 Å². The molecule has 168 valence electrons. The Bertz CT molecular complexity index is 894. The van der Waals surface area contributed by atoms with Crippen molar-refractivity contribution in [2.75, 3.05) is 0 Å². The van der Waals surface area contributed by atoms with E-state index in [1.54, 1.807) is 41.5 Å². The molecule has 0 spiro atoms. The summed E-state index contributed by atoms with van der Waals surface area (Å²) in [5.74, 6) is -2.74. The van der Waals surface area contributed by atoms with Crippen molar-refractivity contribution in [3.05, 3.63) is 29.8 Å². The molecule has 30 heavy (non-hydrogen) atoms. The molecule has 0 aliphatic carbocycles. The highest BCUT2D eigenvalue weighted by Crippen LogP contribution is 2.17. The van der Waals surface area contributed by atoms with Gasteiger partial charge in [0.1, 0.15) is 17.2 Å². The molecule has 0 saturated heterocycles. The Balaban J connectivity index is 3.09. The Morgan fingerprint density at radius 1 is 1.03 bits per heavy atom. The molecule has 10 heteroatoms. The van der Waals surface area contributed by atoms with E-state index < -0.39 is 45.2 Å². The van der Waals surface area contributed by atoms with Crippen molar-refractivity contribution in [1.29, 1.82) is 0 Å². The molecule has 0 saturated carbocycles. The Labute approximate surface area is 176 Å². The van der Waals surface area contributed by atoms with Gasteiger partial charge in [-0.2, -0.15) is 4.72 Å². The van der Waals surface area contributed by atoms with E-state index in [-0.39, 0.29) is 23.3 Å². The number of esters is 2. The van der Waals surface area contributed by atoms with Crippen LogP contribution in [0.15, 0.2) is 29.2 Å². The number of nitrogens with one attached hydrogen (secondary N) is 1. The maximum atomic E-state index is 12.7. The summed E-state index contributed by atoms with van der Waals surface area (Å²) in [4.78, 5) is 35.3. The average molecular weight is 444 g/mol. The van der Waals surface area contributed by atoms with Gasteiger partial charge in [0.15, 0.2) is 0 Å². The number of rotatable bonds is 8. The van der Waals surface area contributed by atoms with E-state index in [0.717, 1.165) is 6.07 Å². The Morgan fingerprint density at radius 3 is 2.10 bits per heavy atom. The first kappa shape index (κ1) is 25.6. The predicted molar refractivity (Wildman–Crippen MR) is 108 cm³/mol. The second-order valence-electron chi connectivity index (χ2n) is 8.67.